The molecular formula is C14H20N2O3S. The van der Waals surface area contributed by atoms with Crippen molar-refractivity contribution in [3.63, 3.8) is 0 Å². The number of aryl methyl sites for hydroxylation is 1. The average molecular weight is 296 g/mol. The number of rotatable bonds is 4. The molecule has 1 aliphatic rings. The minimum absolute atomic E-state index is 0.0150. The Kier molecular flexibility index (Phi) is 4.75. The maximum Gasteiger partial charge on any atom is 0.308 e. The number of amides is 1. The van der Waals surface area contributed by atoms with Crippen molar-refractivity contribution in [3.05, 3.63) is 15.6 Å². The van der Waals surface area contributed by atoms with Gasteiger partial charge in [0.1, 0.15) is 5.01 Å². The molecule has 0 saturated carbocycles. The summed E-state index contributed by atoms with van der Waals surface area (Å²) in [5, 5.41) is 9.54. The van der Waals surface area contributed by atoms with Crippen LogP contribution in [-0.2, 0) is 22.4 Å². The summed E-state index contributed by atoms with van der Waals surface area (Å²) in [6, 6.07) is 0. The first-order valence-electron chi connectivity index (χ1n) is 6.90. The minimum Gasteiger partial charge on any atom is -0.481 e. The smallest absolute Gasteiger partial charge is 0.308 e. The number of thiazole rings is 1. The van der Waals surface area contributed by atoms with Crippen LogP contribution in [0.1, 0.15) is 35.3 Å². The van der Waals surface area contributed by atoms with Gasteiger partial charge in [-0.2, -0.15) is 0 Å². The maximum absolute atomic E-state index is 12.2. The summed E-state index contributed by atoms with van der Waals surface area (Å²) in [6.07, 6.45) is 2.40. The highest BCUT2D eigenvalue weighted by Crippen LogP contribution is 2.21. The second-order valence-electron chi connectivity index (χ2n) is 5.43. The van der Waals surface area contributed by atoms with E-state index in [0.717, 1.165) is 41.5 Å². The quantitative estimate of drug-likeness (QED) is 0.921. The highest BCUT2D eigenvalue weighted by molar-refractivity contribution is 7.11. The zero-order valence-electron chi connectivity index (χ0n) is 11.9. The lowest BCUT2D eigenvalue weighted by Crippen LogP contribution is -2.38. The first-order valence-corrected chi connectivity index (χ1v) is 7.72. The van der Waals surface area contributed by atoms with E-state index in [2.05, 4.69) is 11.9 Å². The van der Waals surface area contributed by atoms with Crippen molar-refractivity contribution in [2.45, 2.75) is 39.5 Å². The lowest BCUT2D eigenvalue weighted by atomic mass is 9.99. The normalized spacial score (nSPS) is 16.4. The lowest BCUT2D eigenvalue weighted by Gasteiger charge is -2.30. The van der Waals surface area contributed by atoms with Gasteiger partial charge in [0.25, 0.3) is 0 Å². The van der Waals surface area contributed by atoms with Crippen LogP contribution in [0.3, 0.4) is 0 Å². The van der Waals surface area contributed by atoms with Crippen LogP contribution in [0, 0.1) is 12.8 Å². The van der Waals surface area contributed by atoms with E-state index in [1.807, 2.05) is 4.90 Å². The predicted octanol–water partition coefficient (Wildman–Crippen LogP) is 1.88. The van der Waals surface area contributed by atoms with E-state index in [9.17, 15) is 9.59 Å². The number of nitrogens with zero attached hydrogens (tertiary/aromatic N) is 2. The van der Waals surface area contributed by atoms with Gasteiger partial charge in [-0.25, -0.2) is 4.98 Å². The van der Waals surface area contributed by atoms with Crippen LogP contribution >= 0.6 is 11.3 Å². The van der Waals surface area contributed by atoms with E-state index in [-0.39, 0.29) is 12.3 Å². The van der Waals surface area contributed by atoms with Crippen molar-refractivity contribution >= 4 is 23.2 Å². The van der Waals surface area contributed by atoms with Gasteiger partial charge in [-0.15, -0.1) is 11.3 Å². The van der Waals surface area contributed by atoms with Crippen LogP contribution in [0.25, 0.3) is 0 Å². The summed E-state index contributed by atoms with van der Waals surface area (Å²) in [6.45, 7) is 5.66. The van der Waals surface area contributed by atoms with E-state index in [0.29, 0.717) is 12.3 Å². The molecule has 20 heavy (non-hydrogen) atoms. The fourth-order valence-electron chi connectivity index (χ4n) is 2.36. The topological polar surface area (TPSA) is 70.5 Å². The zero-order chi connectivity index (χ0) is 14.7. The van der Waals surface area contributed by atoms with Crippen molar-refractivity contribution in [2.75, 3.05) is 13.1 Å². The van der Waals surface area contributed by atoms with Crippen molar-refractivity contribution in [1.82, 2.24) is 9.88 Å². The number of hydrogen-bond donors (Lipinski definition) is 1. The third-order valence-corrected chi connectivity index (χ3v) is 4.84. The average Bonchev–Trinajstić information content (AvgIpc) is 2.69. The molecule has 1 amide bonds. The highest BCUT2D eigenvalue weighted by atomic mass is 32.1. The Morgan fingerprint density at radius 2 is 2.00 bits per heavy atom. The maximum atomic E-state index is 12.2. The molecule has 0 atom stereocenters. The molecule has 5 nitrogen and oxygen atoms in total. The Morgan fingerprint density at radius 3 is 2.60 bits per heavy atom. The van der Waals surface area contributed by atoms with Gasteiger partial charge in [0.2, 0.25) is 5.91 Å². The van der Waals surface area contributed by atoms with Gasteiger partial charge in [0.15, 0.2) is 0 Å². The van der Waals surface area contributed by atoms with E-state index >= 15 is 0 Å². The van der Waals surface area contributed by atoms with Gasteiger partial charge < -0.3 is 10.0 Å². The summed E-state index contributed by atoms with van der Waals surface area (Å²) in [7, 11) is 0. The summed E-state index contributed by atoms with van der Waals surface area (Å²) in [5.41, 5.74) is 0.729. The highest BCUT2D eigenvalue weighted by Gasteiger charge is 2.22. The molecule has 1 N–H and O–H groups in total. The van der Waals surface area contributed by atoms with Crippen molar-refractivity contribution in [2.24, 2.45) is 5.92 Å². The van der Waals surface area contributed by atoms with Crippen molar-refractivity contribution in [3.8, 4) is 0 Å². The Morgan fingerprint density at radius 1 is 1.35 bits per heavy atom. The van der Waals surface area contributed by atoms with Gasteiger partial charge >= 0.3 is 5.97 Å². The minimum atomic E-state index is -0.861. The molecule has 110 valence electrons. The van der Waals surface area contributed by atoms with Gasteiger partial charge in [0.05, 0.1) is 18.5 Å². The summed E-state index contributed by atoms with van der Waals surface area (Å²) in [4.78, 5) is 29.9. The summed E-state index contributed by atoms with van der Waals surface area (Å²) < 4.78 is 0. The molecular weight excluding hydrogens is 276 g/mol. The van der Waals surface area contributed by atoms with Crippen LogP contribution in [0.15, 0.2) is 0 Å². The number of hydrogen-bond acceptors (Lipinski definition) is 4. The molecule has 1 aromatic heterocycles. The third kappa shape index (κ3) is 3.79. The Hall–Kier alpha value is -1.43. The number of likely N-dealkylation sites (tertiary alicyclic amines) is 1. The van der Waals surface area contributed by atoms with Crippen LogP contribution in [0.5, 0.6) is 0 Å². The fraction of sp³-hybridized carbons (Fsp3) is 0.643. The van der Waals surface area contributed by atoms with Gasteiger partial charge in [-0.1, -0.05) is 6.92 Å². The van der Waals surface area contributed by atoms with Crippen LogP contribution in [0.2, 0.25) is 0 Å². The SMILES string of the molecule is Cc1nc(CC(=O)N2CCC(C)CC2)sc1CC(=O)O. The van der Waals surface area contributed by atoms with Gasteiger partial charge in [-0.3, -0.25) is 9.59 Å². The number of carbonyl (C=O) groups excluding carboxylic acids is 1. The first kappa shape index (κ1) is 15.0. The lowest BCUT2D eigenvalue weighted by molar-refractivity contribution is -0.136. The van der Waals surface area contributed by atoms with Crippen molar-refractivity contribution < 1.29 is 14.7 Å². The Bertz CT molecular complexity index is 505. The molecule has 1 fully saturated rings. The summed E-state index contributed by atoms with van der Waals surface area (Å²) in [5.74, 6) is -0.0597. The number of carboxylic acid groups (broad SMARTS) is 1. The second kappa shape index (κ2) is 6.35. The van der Waals surface area contributed by atoms with Crippen molar-refractivity contribution in [1.29, 1.82) is 0 Å². The molecule has 0 radical (unpaired) electrons. The van der Waals surface area contributed by atoms with Crippen LogP contribution in [0.4, 0.5) is 0 Å². The molecule has 1 aliphatic heterocycles. The fourth-order valence-corrected chi connectivity index (χ4v) is 3.42. The zero-order valence-corrected chi connectivity index (χ0v) is 12.7. The number of carboxylic acids is 1. The molecule has 0 spiro atoms. The number of piperidine rings is 1. The molecule has 6 heteroatoms. The molecule has 1 aromatic rings. The molecule has 0 bridgehead atoms. The van der Waals surface area contributed by atoms with Crippen LogP contribution in [-0.4, -0.2) is 40.0 Å². The molecule has 0 aliphatic carbocycles. The second-order valence-corrected chi connectivity index (χ2v) is 6.59. The molecule has 0 unspecified atom stereocenters. The Balaban J connectivity index is 1.96. The van der Waals surface area contributed by atoms with E-state index in [1.165, 1.54) is 11.3 Å². The number of carbonyl (C=O) groups is 2. The van der Waals surface area contributed by atoms with Gasteiger partial charge in [-0.05, 0) is 25.7 Å². The number of aromatic nitrogens is 1. The van der Waals surface area contributed by atoms with E-state index < -0.39 is 5.97 Å². The molecule has 2 heterocycles. The predicted molar refractivity (Wildman–Crippen MR) is 76.9 cm³/mol. The molecule has 0 aromatic carbocycles. The molecule has 1 saturated heterocycles. The van der Waals surface area contributed by atoms with E-state index in [4.69, 9.17) is 5.11 Å². The first-order chi connectivity index (χ1) is 9.45. The monoisotopic (exact) mass is 296 g/mol. The standard InChI is InChI=1S/C14H20N2O3S/c1-9-3-5-16(6-4-9)13(17)8-12-15-10(2)11(20-12)7-14(18)19/h9H,3-8H2,1-2H3,(H,18,19). The van der Waals surface area contributed by atoms with Crippen LogP contribution < -0.4 is 0 Å². The largest absolute Gasteiger partial charge is 0.481 e. The third-order valence-electron chi connectivity index (χ3n) is 3.69. The van der Waals surface area contributed by atoms with Gasteiger partial charge in [0, 0.05) is 18.0 Å². The Labute approximate surface area is 122 Å². The summed E-state index contributed by atoms with van der Waals surface area (Å²) >= 11 is 1.34. The van der Waals surface area contributed by atoms with E-state index in [1.54, 1.807) is 6.92 Å². The number of aliphatic carboxylic acids is 1. The molecule has 2 rings (SSSR count).